The first-order valence-corrected chi connectivity index (χ1v) is 18.4. The van der Waals surface area contributed by atoms with E-state index in [2.05, 4.69) is 205 Å². The van der Waals surface area contributed by atoms with Crippen molar-refractivity contribution in [2.24, 2.45) is 0 Å². The first-order valence-electron chi connectivity index (χ1n) is 18.4. The molecule has 0 radical (unpaired) electrons. The van der Waals surface area contributed by atoms with Crippen molar-refractivity contribution < 1.29 is 4.42 Å². The van der Waals surface area contributed by atoms with Crippen LogP contribution in [0.15, 0.2) is 217 Å². The van der Waals surface area contributed by atoms with E-state index in [0.717, 1.165) is 61.3 Å². The van der Waals surface area contributed by atoms with E-state index in [4.69, 9.17) is 4.42 Å². The second-order valence-corrected chi connectivity index (χ2v) is 13.7. The van der Waals surface area contributed by atoms with Gasteiger partial charge in [0, 0.05) is 33.3 Å². The Kier molecular flexibility index (Phi) is 7.85. The largest absolute Gasteiger partial charge is 0.455 e. The summed E-state index contributed by atoms with van der Waals surface area (Å²) in [5, 5.41) is 4.77. The van der Waals surface area contributed by atoms with Gasteiger partial charge in [-0.25, -0.2) is 0 Å². The molecule has 0 saturated carbocycles. The van der Waals surface area contributed by atoms with Crippen molar-refractivity contribution in [2.75, 3.05) is 4.90 Å². The predicted molar refractivity (Wildman–Crippen MR) is 228 cm³/mol. The summed E-state index contributed by atoms with van der Waals surface area (Å²) >= 11 is 0. The van der Waals surface area contributed by atoms with E-state index in [-0.39, 0.29) is 0 Å². The zero-order valence-corrected chi connectivity index (χ0v) is 29.6. The van der Waals surface area contributed by atoms with E-state index in [1.54, 1.807) is 0 Å². The molecule has 1 aromatic heterocycles. The third-order valence-electron chi connectivity index (χ3n) is 10.5. The first kappa shape index (κ1) is 31.6. The van der Waals surface area contributed by atoms with Gasteiger partial charge in [-0.05, 0) is 86.6 Å². The second-order valence-electron chi connectivity index (χ2n) is 13.7. The van der Waals surface area contributed by atoms with Gasteiger partial charge in [0.2, 0.25) is 0 Å². The summed E-state index contributed by atoms with van der Waals surface area (Å²) in [7, 11) is 0. The second kappa shape index (κ2) is 13.4. The smallest absolute Gasteiger partial charge is 0.143 e. The highest BCUT2D eigenvalue weighted by atomic mass is 16.3. The van der Waals surface area contributed by atoms with Crippen molar-refractivity contribution in [3.05, 3.63) is 212 Å². The van der Waals surface area contributed by atoms with Gasteiger partial charge in [0.25, 0.3) is 0 Å². The molecule has 0 saturated heterocycles. The van der Waals surface area contributed by atoms with Crippen LogP contribution in [0.25, 0.3) is 77.2 Å². The lowest BCUT2D eigenvalue weighted by Gasteiger charge is -2.28. The van der Waals surface area contributed by atoms with E-state index in [0.29, 0.717) is 0 Å². The number of fused-ring (bicyclic) bond motifs is 4. The summed E-state index contributed by atoms with van der Waals surface area (Å²) in [6.45, 7) is 0. The fourth-order valence-electron chi connectivity index (χ4n) is 7.89. The third kappa shape index (κ3) is 5.62. The SMILES string of the molecule is c1ccc(-c2ccccc2N(c2ccc(-c3cccc4c3oc3ccccc34)cc2)c2cccc(-c3cccc(-c4cccc5ccccc45)c3)c2)cc1. The summed E-state index contributed by atoms with van der Waals surface area (Å²) in [5.41, 5.74) is 14.4. The highest BCUT2D eigenvalue weighted by Gasteiger charge is 2.19. The molecule has 0 amide bonds. The van der Waals surface area contributed by atoms with Crippen LogP contribution >= 0.6 is 0 Å². The summed E-state index contributed by atoms with van der Waals surface area (Å²) in [4.78, 5) is 2.38. The van der Waals surface area contributed by atoms with E-state index < -0.39 is 0 Å². The minimum absolute atomic E-state index is 0.905. The lowest BCUT2D eigenvalue weighted by atomic mass is 9.95. The average Bonchev–Trinajstić information content (AvgIpc) is 3.64. The van der Waals surface area contributed by atoms with Crippen molar-refractivity contribution in [2.45, 2.75) is 0 Å². The maximum absolute atomic E-state index is 6.42. The average molecular weight is 690 g/mol. The Balaban J connectivity index is 1.10. The van der Waals surface area contributed by atoms with Gasteiger partial charge in [-0.2, -0.15) is 0 Å². The van der Waals surface area contributed by atoms with Crippen molar-refractivity contribution in [1.29, 1.82) is 0 Å². The van der Waals surface area contributed by atoms with Gasteiger partial charge in [0.1, 0.15) is 11.2 Å². The Labute approximate surface area is 314 Å². The number of hydrogen-bond acceptors (Lipinski definition) is 2. The van der Waals surface area contributed by atoms with Gasteiger partial charge >= 0.3 is 0 Å². The van der Waals surface area contributed by atoms with Crippen LogP contribution < -0.4 is 4.90 Å². The van der Waals surface area contributed by atoms with Crippen LogP contribution in [0, 0.1) is 0 Å². The van der Waals surface area contributed by atoms with Crippen molar-refractivity contribution in [3.8, 4) is 44.5 Å². The minimum Gasteiger partial charge on any atom is -0.455 e. The molecule has 0 unspecified atom stereocenters. The molecule has 0 fully saturated rings. The molecule has 0 bridgehead atoms. The quantitative estimate of drug-likeness (QED) is 0.166. The Bertz CT molecular complexity index is 2930. The van der Waals surface area contributed by atoms with Crippen LogP contribution in [0.5, 0.6) is 0 Å². The Morgan fingerprint density at radius 3 is 1.78 bits per heavy atom. The molecule has 0 aliphatic carbocycles. The monoisotopic (exact) mass is 689 g/mol. The van der Waals surface area contributed by atoms with Crippen LogP contribution in [0.3, 0.4) is 0 Å². The van der Waals surface area contributed by atoms with Crippen LogP contribution in [0.2, 0.25) is 0 Å². The van der Waals surface area contributed by atoms with Gasteiger partial charge in [-0.1, -0.05) is 170 Å². The summed E-state index contributed by atoms with van der Waals surface area (Å²) in [6, 6.07) is 75.9. The number of nitrogens with zero attached hydrogens (tertiary/aromatic N) is 1. The molecule has 10 rings (SSSR count). The zero-order valence-electron chi connectivity index (χ0n) is 29.6. The molecule has 0 spiro atoms. The van der Waals surface area contributed by atoms with E-state index >= 15 is 0 Å². The Morgan fingerprint density at radius 1 is 0.315 bits per heavy atom. The molecule has 0 atom stereocenters. The summed E-state index contributed by atoms with van der Waals surface area (Å²) in [6.07, 6.45) is 0. The molecular weight excluding hydrogens is 655 g/mol. The molecule has 2 nitrogen and oxygen atoms in total. The zero-order chi connectivity index (χ0) is 35.8. The number of furan rings is 1. The molecule has 0 aliphatic rings. The van der Waals surface area contributed by atoms with Crippen molar-refractivity contribution in [1.82, 2.24) is 0 Å². The minimum atomic E-state index is 0.905. The maximum Gasteiger partial charge on any atom is 0.143 e. The predicted octanol–water partition coefficient (Wildman–Crippen LogP) is 14.9. The van der Waals surface area contributed by atoms with Gasteiger partial charge in [0.15, 0.2) is 0 Å². The van der Waals surface area contributed by atoms with Crippen LogP contribution in [-0.2, 0) is 0 Å². The number of benzene rings is 9. The van der Waals surface area contributed by atoms with Gasteiger partial charge in [-0.15, -0.1) is 0 Å². The standard InChI is InChI=1S/C52H35NO/c1-2-14-37(15-3-1)46-23-6-8-28-50(46)53(42-32-30-38(31-33-42)47-26-13-27-49-48-24-7-9-29-51(48)54-52(47)49)43-21-11-19-40(35-43)39-18-10-20-41(34-39)45-25-12-17-36-16-4-5-22-44(36)45/h1-35H. The summed E-state index contributed by atoms with van der Waals surface area (Å²) < 4.78 is 6.42. The van der Waals surface area contributed by atoms with Crippen molar-refractivity contribution >= 4 is 49.8 Å². The molecule has 0 aliphatic heterocycles. The summed E-state index contributed by atoms with van der Waals surface area (Å²) in [5.74, 6) is 0. The lowest BCUT2D eigenvalue weighted by Crippen LogP contribution is -2.11. The number of hydrogen-bond donors (Lipinski definition) is 0. The highest BCUT2D eigenvalue weighted by molar-refractivity contribution is 6.09. The molecule has 54 heavy (non-hydrogen) atoms. The molecule has 254 valence electrons. The Morgan fingerprint density at radius 2 is 0.889 bits per heavy atom. The maximum atomic E-state index is 6.42. The van der Waals surface area contributed by atoms with Crippen molar-refractivity contribution in [3.63, 3.8) is 0 Å². The third-order valence-corrected chi connectivity index (χ3v) is 10.5. The van der Waals surface area contributed by atoms with E-state index in [1.807, 2.05) is 12.1 Å². The van der Waals surface area contributed by atoms with Crippen LogP contribution in [0.4, 0.5) is 17.1 Å². The fraction of sp³-hybridized carbons (Fsp3) is 0. The van der Waals surface area contributed by atoms with Gasteiger partial charge < -0.3 is 9.32 Å². The highest BCUT2D eigenvalue weighted by Crippen LogP contribution is 2.43. The fourth-order valence-corrected chi connectivity index (χ4v) is 7.89. The molecule has 9 aromatic carbocycles. The van der Waals surface area contributed by atoms with E-state index in [1.165, 1.54) is 33.0 Å². The van der Waals surface area contributed by atoms with E-state index in [9.17, 15) is 0 Å². The number of para-hydroxylation sites is 3. The molecule has 2 heteroatoms. The topological polar surface area (TPSA) is 16.4 Å². The van der Waals surface area contributed by atoms with Gasteiger partial charge in [-0.3, -0.25) is 0 Å². The molecular formula is C52H35NO. The molecule has 10 aromatic rings. The van der Waals surface area contributed by atoms with Gasteiger partial charge in [0.05, 0.1) is 5.69 Å². The number of rotatable bonds is 7. The first-order chi connectivity index (χ1) is 26.8. The van der Waals surface area contributed by atoms with Crippen LogP contribution in [-0.4, -0.2) is 0 Å². The molecule has 0 N–H and O–H groups in total. The van der Waals surface area contributed by atoms with Crippen LogP contribution in [0.1, 0.15) is 0 Å². The normalized spacial score (nSPS) is 11.3. The Hall–Kier alpha value is -7.16. The lowest BCUT2D eigenvalue weighted by molar-refractivity contribution is 0.670. The molecule has 1 heterocycles. The number of anilines is 3.